The van der Waals surface area contributed by atoms with Crippen molar-refractivity contribution in [3.63, 3.8) is 0 Å². The number of ether oxygens (including phenoxy) is 2. The second-order valence-electron chi connectivity index (χ2n) is 5.80. The van der Waals surface area contributed by atoms with Crippen molar-refractivity contribution >= 4 is 63.6 Å². The van der Waals surface area contributed by atoms with Gasteiger partial charge in [-0.1, -0.05) is 41.6 Å². The van der Waals surface area contributed by atoms with Crippen LogP contribution in [0.15, 0.2) is 52.3 Å². The monoisotopic (exact) mass is 451 g/mol. The van der Waals surface area contributed by atoms with Crippen LogP contribution >= 0.6 is 47.3 Å². The Morgan fingerprint density at radius 3 is 2.61 bits per heavy atom. The number of methoxy groups -OCH3 is 1. The molecule has 0 aliphatic carbocycles. The first kappa shape index (κ1) is 21.0. The van der Waals surface area contributed by atoms with Crippen LogP contribution in [0.3, 0.4) is 0 Å². The first-order valence-electron chi connectivity index (χ1n) is 8.38. The van der Waals surface area contributed by atoms with Crippen molar-refractivity contribution in [2.24, 2.45) is 0 Å². The molecule has 0 aromatic heterocycles. The van der Waals surface area contributed by atoms with E-state index < -0.39 is 0 Å². The molecule has 28 heavy (non-hydrogen) atoms. The lowest BCUT2D eigenvalue weighted by molar-refractivity contribution is -0.121. The van der Waals surface area contributed by atoms with Crippen molar-refractivity contribution in [3.05, 3.63) is 58.0 Å². The highest BCUT2D eigenvalue weighted by Crippen LogP contribution is 2.34. The van der Waals surface area contributed by atoms with E-state index in [-0.39, 0.29) is 5.91 Å². The second kappa shape index (κ2) is 9.69. The van der Waals surface area contributed by atoms with E-state index in [1.807, 2.05) is 48.5 Å². The molecule has 0 unspecified atom stereocenters. The number of amides is 1. The van der Waals surface area contributed by atoms with Gasteiger partial charge in [0.2, 0.25) is 0 Å². The van der Waals surface area contributed by atoms with E-state index in [1.165, 1.54) is 16.7 Å². The Hall–Kier alpha value is -1.67. The Bertz CT molecular complexity index is 915. The number of thiocarbonyl (C=S) groups is 1. The van der Waals surface area contributed by atoms with Crippen LogP contribution in [0.1, 0.15) is 5.56 Å². The van der Waals surface area contributed by atoms with E-state index in [0.29, 0.717) is 27.3 Å². The third kappa shape index (κ3) is 5.23. The van der Waals surface area contributed by atoms with E-state index in [2.05, 4.69) is 0 Å². The number of halogens is 1. The number of hydrogen-bond donors (Lipinski definition) is 0. The van der Waals surface area contributed by atoms with Crippen molar-refractivity contribution in [1.82, 2.24) is 4.90 Å². The van der Waals surface area contributed by atoms with Gasteiger partial charge in [0.25, 0.3) is 5.91 Å². The summed E-state index contributed by atoms with van der Waals surface area (Å²) in [7, 11) is 3.28. The molecule has 1 saturated heterocycles. The number of nitrogens with zero attached hydrogens (tertiary/aromatic N) is 1. The highest BCUT2D eigenvalue weighted by Gasteiger charge is 2.28. The first-order valence-corrected chi connectivity index (χ1v) is 11.0. The van der Waals surface area contributed by atoms with Crippen LogP contribution in [-0.2, 0) is 4.79 Å². The fourth-order valence-electron chi connectivity index (χ4n) is 2.43. The van der Waals surface area contributed by atoms with Gasteiger partial charge in [-0.25, -0.2) is 0 Å². The lowest BCUT2D eigenvalue weighted by Crippen LogP contribution is -2.22. The van der Waals surface area contributed by atoms with Crippen molar-refractivity contribution in [1.29, 1.82) is 0 Å². The number of likely N-dealkylation sites (N-methyl/N-ethyl adjacent to an activating group) is 1. The highest BCUT2D eigenvalue weighted by molar-refractivity contribution is 8.26. The summed E-state index contributed by atoms with van der Waals surface area (Å²) in [5, 5.41) is 0.728. The summed E-state index contributed by atoms with van der Waals surface area (Å²) in [4.78, 5) is 15.3. The minimum Gasteiger partial charge on any atom is -0.493 e. The Morgan fingerprint density at radius 2 is 1.96 bits per heavy atom. The summed E-state index contributed by atoms with van der Waals surface area (Å²) in [6.45, 7) is 0.539. The average molecular weight is 452 g/mol. The standard InChI is InChI=1S/C20H18ClNO3S3/c1-22-19(23)18(28-20(22)26)12-13-3-8-16(17(11-13)24-2)25-9-10-27-15-6-4-14(21)5-7-15/h3-8,11-12H,9-10H2,1-2H3/b18-12-. The number of benzene rings is 2. The third-order valence-corrected chi connectivity index (χ3v) is 6.61. The molecule has 2 aromatic rings. The van der Waals surface area contributed by atoms with Crippen molar-refractivity contribution in [3.8, 4) is 11.5 Å². The van der Waals surface area contributed by atoms with Gasteiger partial charge in [0.05, 0.1) is 18.6 Å². The molecule has 0 atom stereocenters. The van der Waals surface area contributed by atoms with Crippen molar-refractivity contribution in [2.45, 2.75) is 4.90 Å². The quantitative estimate of drug-likeness (QED) is 0.244. The van der Waals surface area contributed by atoms with Gasteiger partial charge in [0.1, 0.15) is 4.32 Å². The number of hydrogen-bond acceptors (Lipinski definition) is 6. The van der Waals surface area contributed by atoms with Crippen LogP contribution in [0.25, 0.3) is 6.08 Å². The molecule has 146 valence electrons. The summed E-state index contributed by atoms with van der Waals surface area (Å²) in [6.07, 6.45) is 1.81. The van der Waals surface area contributed by atoms with Gasteiger partial charge < -0.3 is 9.47 Å². The Morgan fingerprint density at radius 1 is 1.21 bits per heavy atom. The van der Waals surface area contributed by atoms with Gasteiger partial charge >= 0.3 is 0 Å². The molecule has 1 aliphatic heterocycles. The third-order valence-electron chi connectivity index (χ3n) is 3.90. The minimum atomic E-state index is -0.0893. The van der Waals surface area contributed by atoms with Gasteiger partial charge in [-0.05, 0) is 48.0 Å². The van der Waals surface area contributed by atoms with Gasteiger partial charge in [-0.2, -0.15) is 0 Å². The maximum Gasteiger partial charge on any atom is 0.265 e. The average Bonchev–Trinajstić information content (AvgIpc) is 2.94. The molecule has 1 fully saturated rings. The van der Waals surface area contributed by atoms with Crippen LogP contribution in [0.2, 0.25) is 5.02 Å². The van der Waals surface area contributed by atoms with Crippen LogP contribution in [-0.4, -0.2) is 41.6 Å². The highest BCUT2D eigenvalue weighted by atomic mass is 35.5. The first-order chi connectivity index (χ1) is 13.5. The predicted octanol–water partition coefficient (Wildman–Crippen LogP) is 5.35. The Labute approximate surface area is 183 Å². The zero-order valence-electron chi connectivity index (χ0n) is 15.3. The maximum atomic E-state index is 12.1. The second-order valence-corrected chi connectivity index (χ2v) is 9.08. The largest absolute Gasteiger partial charge is 0.493 e. The molecular formula is C20H18ClNO3S3. The van der Waals surface area contributed by atoms with Crippen molar-refractivity contribution in [2.75, 3.05) is 26.5 Å². The molecule has 0 bridgehead atoms. The number of rotatable bonds is 7. The minimum absolute atomic E-state index is 0.0893. The van der Waals surface area contributed by atoms with Crippen LogP contribution in [0.4, 0.5) is 0 Å². The van der Waals surface area contributed by atoms with Gasteiger partial charge in [0, 0.05) is 22.7 Å². The summed E-state index contributed by atoms with van der Waals surface area (Å²) < 4.78 is 11.9. The van der Waals surface area contributed by atoms with E-state index in [4.69, 9.17) is 33.3 Å². The fourth-order valence-corrected chi connectivity index (χ4v) is 4.47. The van der Waals surface area contributed by atoms with Crippen LogP contribution < -0.4 is 9.47 Å². The molecule has 1 aliphatic rings. The van der Waals surface area contributed by atoms with E-state index >= 15 is 0 Å². The SMILES string of the molecule is COc1cc(/C=C2\SC(=S)N(C)C2=O)ccc1OCCSc1ccc(Cl)cc1. The maximum absolute atomic E-state index is 12.1. The van der Waals surface area contributed by atoms with Crippen molar-refractivity contribution < 1.29 is 14.3 Å². The Kier molecular flexibility index (Phi) is 7.29. The molecule has 0 N–H and O–H groups in total. The topological polar surface area (TPSA) is 38.8 Å². The predicted molar refractivity (Wildman–Crippen MR) is 122 cm³/mol. The molecule has 1 amide bonds. The zero-order chi connectivity index (χ0) is 20.1. The lowest BCUT2D eigenvalue weighted by Gasteiger charge is -2.11. The van der Waals surface area contributed by atoms with E-state index in [1.54, 1.807) is 25.9 Å². The van der Waals surface area contributed by atoms with Gasteiger partial charge in [-0.3, -0.25) is 9.69 Å². The molecule has 0 radical (unpaired) electrons. The summed E-state index contributed by atoms with van der Waals surface area (Å²) in [5.74, 6) is 2.00. The number of thioether (sulfide) groups is 2. The van der Waals surface area contributed by atoms with E-state index in [9.17, 15) is 4.79 Å². The Balaban J connectivity index is 1.61. The molecule has 3 rings (SSSR count). The van der Waals surface area contributed by atoms with Crippen LogP contribution in [0.5, 0.6) is 11.5 Å². The van der Waals surface area contributed by atoms with Gasteiger partial charge in [0.15, 0.2) is 11.5 Å². The number of carbonyl (C=O) groups is 1. The lowest BCUT2D eigenvalue weighted by atomic mass is 10.2. The molecule has 8 heteroatoms. The normalized spacial score (nSPS) is 15.4. The summed E-state index contributed by atoms with van der Waals surface area (Å²) in [5.41, 5.74) is 0.855. The molecule has 0 spiro atoms. The van der Waals surface area contributed by atoms with E-state index in [0.717, 1.165) is 21.2 Å². The summed E-state index contributed by atoms with van der Waals surface area (Å²) in [6, 6.07) is 13.3. The molecule has 1 heterocycles. The van der Waals surface area contributed by atoms with Crippen LogP contribution in [0, 0.1) is 0 Å². The van der Waals surface area contributed by atoms with Gasteiger partial charge in [-0.15, -0.1) is 11.8 Å². The fraction of sp³-hybridized carbons (Fsp3) is 0.200. The molecular weight excluding hydrogens is 434 g/mol. The molecule has 4 nitrogen and oxygen atoms in total. The smallest absolute Gasteiger partial charge is 0.265 e. The molecule has 0 saturated carbocycles. The molecule has 2 aromatic carbocycles. The zero-order valence-corrected chi connectivity index (χ0v) is 18.5. The summed E-state index contributed by atoms with van der Waals surface area (Å²) >= 11 is 14.0. The number of carbonyl (C=O) groups excluding carboxylic acids is 1.